The van der Waals surface area contributed by atoms with Crippen LogP contribution in [0.15, 0.2) is 63.5 Å². The zero-order valence-electron chi connectivity index (χ0n) is 14.8. The number of nitrogens with two attached hydrogens (primary N) is 1. The molecule has 0 saturated carbocycles. The molecule has 2 atom stereocenters. The molecule has 3 N–H and O–H groups in total. The number of hydrogen-bond acceptors (Lipinski definition) is 4. The Morgan fingerprint density at radius 1 is 0.962 bits per heavy atom. The Morgan fingerprint density at radius 2 is 1.65 bits per heavy atom. The number of oxime groups is 1. The van der Waals surface area contributed by atoms with Crippen molar-refractivity contribution < 1.29 is 5.21 Å². The molecule has 0 spiro atoms. The van der Waals surface area contributed by atoms with Gasteiger partial charge in [-0.2, -0.15) is 0 Å². The van der Waals surface area contributed by atoms with Crippen molar-refractivity contribution in [1.82, 2.24) is 4.90 Å². The number of rotatable bonds is 4. The molecule has 2 aromatic rings. The molecule has 4 nitrogen and oxygen atoms in total. The number of nitrogens with zero attached hydrogens (tertiary/aromatic N) is 2. The van der Waals surface area contributed by atoms with Crippen LogP contribution < -0.4 is 5.73 Å². The molecule has 0 unspecified atom stereocenters. The predicted molar refractivity (Wildman–Crippen MR) is 106 cm³/mol. The van der Waals surface area contributed by atoms with Crippen LogP contribution in [0.25, 0.3) is 0 Å². The van der Waals surface area contributed by atoms with E-state index in [4.69, 9.17) is 10.9 Å². The standard InChI is InChI=1S/C21H25N3OS/c22-21(23-25)16-6-11-19(12-7-16)26-18-9-4-15(5-10-18)20-13-8-17-3-1-2-14-24(17)20/h4-7,9-12,17,20,25H,1-3,8,13-14H2,(H2,22,23)/t17-,20-/m1/s1. The van der Waals surface area contributed by atoms with E-state index in [1.165, 1.54) is 49.1 Å². The smallest absolute Gasteiger partial charge is 0.170 e. The third-order valence-electron chi connectivity index (χ3n) is 5.60. The van der Waals surface area contributed by atoms with Gasteiger partial charge in [0.05, 0.1) is 0 Å². The highest BCUT2D eigenvalue weighted by Crippen LogP contribution is 2.40. The second-order valence-corrected chi connectivity index (χ2v) is 8.31. The maximum Gasteiger partial charge on any atom is 0.170 e. The van der Waals surface area contributed by atoms with E-state index in [0.29, 0.717) is 6.04 Å². The maximum atomic E-state index is 8.74. The van der Waals surface area contributed by atoms with Crippen molar-refractivity contribution in [2.24, 2.45) is 10.9 Å². The summed E-state index contributed by atoms with van der Waals surface area (Å²) >= 11 is 1.73. The minimum Gasteiger partial charge on any atom is -0.409 e. The average Bonchev–Trinajstić information content (AvgIpc) is 3.13. The largest absolute Gasteiger partial charge is 0.409 e. The summed E-state index contributed by atoms with van der Waals surface area (Å²) in [4.78, 5) is 5.11. The third kappa shape index (κ3) is 3.60. The molecule has 2 aromatic carbocycles. The molecular weight excluding hydrogens is 342 g/mol. The Kier molecular flexibility index (Phi) is 5.18. The van der Waals surface area contributed by atoms with Crippen molar-refractivity contribution in [3.8, 4) is 0 Å². The summed E-state index contributed by atoms with van der Waals surface area (Å²) in [6.45, 7) is 1.26. The fourth-order valence-electron chi connectivity index (χ4n) is 4.26. The van der Waals surface area contributed by atoms with E-state index >= 15 is 0 Å². The van der Waals surface area contributed by atoms with E-state index in [9.17, 15) is 0 Å². The summed E-state index contributed by atoms with van der Waals surface area (Å²) in [6, 6.07) is 18.2. The van der Waals surface area contributed by atoms with Crippen molar-refractivity contribution in [3.63, 3.8) is 0 Å². The van der Waals surface area contributed by atoms with E-state index < -0.39 is 0 Å². The summed E-state index contributed by atoms with van der Waals surface area (Å²) in [7, 11) is 0. The first kappa shape index (κ1) is 17.4. The molecule has 0 aliphatic carbocycles. The van der Waals surface area contributed by atoms with Crippen molar-refractivity contribution in [1.29, 1.82) is 0 Å². The Balaban J connectivity index is 1.43. The number of fused-ring (bicyclic) bond motifs is 1. The van der Waals surface area contributed by atoms with Gasteiger partial charge < -0.3 is 10.9 Å². The Bertz CT molecular complexity index is 773. The summed E-state index contributed by atoms with van der Waals surface area (Å²) < 4.78 is 0. The maximum absolute atomic E-state index is 8.74. The van der Waals surface area contributed by atoms with Gasteiger partial charge in [0.15, 0.2) is 5.84 Å². The molecule has 4 rings (SSSR count). The van der Waals surface area contributed by atoms with Gasteiger partial charge in [0.1, 0.15) is 0 Å². The van der Waals surface area contributed by atoms with Crippen LogP contribution in [0.4, 0.5) is 0 Å². The number of piperidine rings is 1. The monoisotopic (exact) mass is 367 g/mol. The zero-order chi connectivity index (χ0) is 17.9. The highest BCUT2D eigenvalue weighted by Gasteiger charge is 2.35. The van der Waals surface area contributed by atoms with Gasteiger partial charge in [-0.25, -0.2) is 0 Å². The van der Waals surface area contributed by atoms with Gasteiger partial charge in [-0.05, 0) is 62.1 Å². The Hall–Kier alpha value is -1.98. The minimum atomic E-state index is 0.137. The van der Waals surface area contributed by atoms with Gasteiger partial charge >= 0.3 is 0 Å². The van der Waals surface area contributed by atoms with Gasteiger partial charge in [-0.15, -0.1) is 0 Å². The number of benzene rings is 2. The summed E-state index contributed by atoms with van der Waals surface area (Å²) in [5.41, 5.74) is 7.79. The number of amidine groups is 1. The van der Waals surface area contributed by atoms with E-state index in [-0.39, 0.29) is 5.84 Å². The van der Waals surface area contributed by atoms with Crippen LogP contribution >= 0.6 is 11.8 Å². The van der Waals surface area contributed by atoms with Crippen molar-refractivity contribution in [2.75, 3.05) is 6.54 Å². The summed E-state index contributed by atoms with van der Waals surface area (Å²) in [6.07, 6.45) is 6.78. The van der Waals surface area contributed by atoms with Crippen LogP contribution in [0.3, 0.4) is 0 Å². The molecule has 0 amide bonds. The Morgan fingerprint density at radius 3 is 2.35 bits per heavy atom. The molecule has 2 aliphatic heterocycles. The van der Waals surface area contributed by atoms with Gasteiger partial charge in [0.2, 0.25) is 0 Å². The van der Waals surface area contributed by atoms with E-state index in [0.717, 1.165) is 16.5 Å². The van der Waals surface area contributed by atoms with Crippen molar-refractivity contribution >= 4 is 17.6 Å². The SMILES string of the molecule is NC(=NO)c1ccc(Sc2ccc([C@H]3CC[C@H]4CCCCN43)cc2)cc1. The molecule has 136 valence electrons. The van der Waals surface area contributed by atoms with Crippen LogP contribution in [0.5, 0.6) is 0 Å². The lowest BCUT2D eigenvalue weighted by molar-refractivity contribution is 0.150. The summed E-state index contributed by atoms with van der Waals surface area (Å²) in [5.74, 6) is 0.137. The van der Waals surface area contributed by atoms with Crippen LogP contribution in [-0.2, 0) is 0 Å². The lowest BCUT2D eigenvalue weighted by Gasteiger charge is -2.34. The molecule has 0 aromatic heterocycles. The van der Waals surface area contributed by atoms with Crippen molar-refractivity contribution in [3.05, 3.63) is 59.7 Å². The van der Waals surface area contributed by atoms with Crippen LogP contribution in [0, 0.1) is 0 Å². The van der Waals surface area contributed by atoms with Crippen LogP contribution in [0.2, 0.25) is 0 Å². The van der Waals surface area contributed by atoms with Crippen molar-refractivity contribution in [2.45, 2.75) is 54.0 Å². The summed E-state index contributed by atoms with van der Waals surface area (Å²) in [5, 5.41) is 11.8. The van der Waals surface area contributed by atoms with Crippen LogP contribution in [-0.4, -0.2) is 28.5 Å². The first-order chi connectivity index (χ1) is 12.7. The molecule has 0 bridgehead atoms. The average molecular weight is 368 g/mol. The van der Waals surface area contributed by atoms with Gasteiger partial charge in [0.25, 0.3) is 0 Å². The molecule has 5 heteroatoms. The Labute approximate surface area is 159 Å². The topological polar surface area (TPSA) is 61.9 Å². The lowest BCUT2D eigenvalue weighted by atomic mass is 10.0. The second kappa shape index (κ2) is 7.72. The highest BCUT2D eigenvalue weighted by molar-refractivity contribution is 7.99. The van der Waals surface area contributed by atoms with E-state index in [2.05, 4.69) is 34.3 Å². The minimum absolute atomic E-state index is 0.137. The molecule has 2 aliphatic rings. The normalized spacial score (nSPS) is 23.8. The molecule has 2 heterocycles. The molecule has 2 saturated heterocycles. The highest BCUT2D eigenvalue weighted by atomic mass is 32.2. The van der Waals surface area contributed by atoms with Gasteiger partial charge in [-0.1, -0.05) is 47.6 Å². The molecule has 26 heavy (non-hydrogen) atoms. The first-order valence-corrected chi connectivity index (χ1v) is 10.2. The van der Waals surface area contributed by atoms with E-state index in [1.807, 2.05) is 24.3 Å². The third-order valence-corrected chi connectivity index (χ3v) is 6.62. The lowest BCUT2D eigenvalue weighted by Crippen LogP contribution is -2.35. The van der Waals surface area contributed by atoms with E-state index in [1.54, 1.807) is 11.8 Å². The van der Waals surface area contributed by atoms with Gasteiger partial charge in [0, 0.05) is 27.4 Å². The predicted octanol–water partition coefficient (Wildman–Crippen LogP) is 4.62. The quantitative estimate of drug-likeness (QED) is 0.358. The fraction of sp³-hybridized carbons (Fsp3) is 0.381. The number of hydrogen-bond donors (Lipinski definition) is 2. The molecule has 0 radical (unpaired) electrons. The molecule has 2 fully saturated rings. The molecular formula is C21H25N3OS. The zero-order valence-corrected chi connectivity index (χ0v) is 15.7. The fourth-order valence-corrected chi connectivity index (χ4v) is 5.08. The van der Waals surface area contributed by atoms with Gasteiger partial charge in [-0.3, -0.25) is 4.90 Å². The van der Waals surface area contributed by atoms with Crippen LogP contribution in [0.1, 0.15) is 49.3 Å². The first-order valence-electron chi connectivity index (χ1n) is 9.36. The second-order valence-electron chi connectivity index (χ2n) is 7.16.